The van der Waals surface area contributed by atoms with Crippen LogP contribution >= 0.6 is 0 Å². The van der Waals surface area contributed by atoms with Crippen LogP contribution in [-0.4, -0.2) is 35.1 Å². The third-order valence-electron chi connectivity index (χ3n) is 5.73. The summed E-state index contributed by atoms with van der Waals surface area (Å²) in [6.45, 7) is 6.53. The number of carbonyl (C=O) groups is 1. The highest BCUT2D eigenvalue weighted by atomic mass is 19.1. The van der Waals surface area contributed by atoms with E-state index >= 15 is 0 Å². The van der Waals surface area contributed by atoms with Crippen molar-refractivity contribution in [1.82, 2.24) is 9.55 Å². The van der Waals surface area contributed by atoms with Crippen molar-refractivity contribution in [2.45, 2.75) is 53.0 Å². The Morgan fingerprint density at radius 2 is 2.00 bits per heavy atom. The highest BCUT2D eigenvalue weighted by Gasteiger charge is 2.28. The van der Waals surface area contributed by atoms with Crippen molar-refractivity contribution in [2.75, 3.05) is 35.2 Å². The van der Waals surface area contributed by atoms with Crippen LogP contribution in [0.15, 0.2) is 21.7 Å². The quantitative estimate of drug-likeness (QED) is 0.626. The van der Waals surface area contributed by atoms with E-state index in [1.807, 2.05) is 20.8 Å². The number of H-pyrrole nitrogens is 1. The molecular weight excluding hydrogens is 432 g/mol. The summed E-state index contributed by atoms with van der Waals surface area (Å²) in [4.78, 5) is 43.7. The molecule has 1 aromatic heterocycles. The van der Waals surface area contributed by atoms with Crippen molar-refractivity contribution >= 4 is 23.1 Å². The number of nitrogens with two attached hydrogens (primary N) is 1. The first-order chi connectivity index (χ1) is 15.6. The molecule has 0 radical (unpaired) electrons. The number of nitrogens with one attached hydrogen (secondary N) is 1. The van der Waals surface area contributed by atoms with Crippen LogP contribution in [0.25, 0.3) is 0 Å². The van der Waals surface area contributed by atoms with E-state index in [1.54, 1.807) is 4.90 Å². The van der Waals surface area contributed by atoms with Gasteiger partial charge in [0.05, 0.1) is 6.54 Å². The van der Waals surface area contributed by atoms with Gasteiger partial charge in [0, 0.05) is 37.0 Å². The van der Waals surface area contributed by atoms with Crippen molar-refractivity contribution in [3.63, 3.8) is 0 Å². The maximum Gasteiger partial charge on any atom is 0.330 e. The lowest BCUT2D eigenvalue weighted by Gasteiger charge is -2.33. The molecule has 2 aromatic rings. The Hall–Kier alpha value is -3.17. The van der Waals surface area contributed by atoms with E-state index < -0.39 is 28.8 Å². The smallest absolute Gasteiger partial charge is 0.330 e. The van der Waals surface area contributed by atoms with Crippen molar-refractivity contribution in [2.24, 2.45) is 5.92 Å². The van der Waals surface area contributed by atoms with Crippen LogP contribution in [0.4, 0.5) is 26.0 Å². The second kappa shape index (κ2) is 10.2. The minimum Gasteiger partial charge on any atom is -0.383 e. The fourth-order valence-corrected chi connectivity index (χ4v) is 4.16. The predicted octanol–water partition coefficient (Wildman–Crippen LogP) is 2.64. The molecule has 1 amide bonds. The van der Waals surface area contributed by atoms with Crippen molar-refractivity contribution in [3.8, 4) is 0 Å². The molecule has 0 saturated carbocycles. The van der Waals surface area contributed by atoms with Gasteiger partial charge in [0.2, 0.25) is 5.91 Å². The number of aromatic amines is 1. The molecule has 10 heteroatoms. The van der Waals surface area contributed by atoms with Crippen LogP contribution in [0.3, 0.4) is 0 Å². The number of rotatable bonds is 8. The SMILES string of the molecule is CCCCN(C(=O)CN1CCCc2c(F)cc(F)cc21)c1c(N)n(CC(C)C)c(=O)[nH]c1=O. The van der Waals surface area contributed by atoms with E-state index in [2.05, 4.69) is 4.98 Å². The van der Waals surface area contributed by atoms with Crippen LogP contribution in [0.1, 0.15) is 45.6 Å². The molecule has 0 unspecified atom stereocenters. The molecule has 0 atom stereocenters. The lowest BCUT2D eigenvalue weighted by atomic mass is 10.0. The highest BCUT2D eigenvalue weighted by Crippen LogP contribution is 2.30. The van der Waals surface area contributed by atoms with Gasteiger partial charge in [0.15, 0.2) is 5.69 Å². The molecule has 1 aromatic carbocycles. The monoisotopic (exact) mass is 463 g/mol. The van der Waals surface area contributed by atoms with Gasteiger partial charge in [-0.05, 0) is 31.2 Å². The molecule has 3 rings (SSSR count). The topological polar surface area (TPSA) is 104 Å². The zero-order chi connectivity index (χ0) is 24.3. The summed E-state index contributed by atoms with van der Waals surface area (Å²) in [6.07, 6.45) is 2.43. The summed E-state index contributed by atoms with van der Waals surface area (Å²) in [6, 6.07) is 2.07. The molecule has 3 N–H and O–H groups in total. The average molecular weight is 464 g/mol. The molecule has 0 bridgehead atoms. The second-order valence-electron chi connectivity index (χ2n) is 8.81. The van der Waals surface area contributed by atoms with Gasteiger partial charge in [0.1, 0.15) is 17.5 Å². The van der Waals surface area contributed by atoms with E-state index in [0.717, 1.165) is 12.5 Å². The summed E-state index contributed by atoms with van der Waals surface area (Å²) in [7, 11) is 0. The summed E-state index contributed by atoms with van der Waals surface area (Å²) >= 11 is 0. The molecule has 1 aliphatic heterocycles. The van der Waals surface area contributed by atoms with Crippen LogP contribution < -0.4 is 26.8 Å². The van der Waals surface area contributed by atoms with E-state index in [-0.39, 0.29) is 37.1 Å². The number of nitrogen functional groups attached to an aromatic ring is 1. The minimum atomic E-state index is -0.738. The Morgan fingerprint density at radius 1 is 1.27 bits per heavy atom. The number of hydrogen-bond donors (Lipinski definition) is 2. The van der Waals surface area contributed by atoms with Gasteiger partial charge >= 0.3 is 5.69 Å². The largest absolute Gasteiger partial charge is 0.383 e. The van der Waals surface area contributed by atoms with E-state index in [4.69, 9.17) is 5.73 Å². The summed E-state index contributed by atoms with van der Waals surface area (Å²) in [5.41, 5.74) is 5.50. The molecule has 8 nitrogen and oxygen atoms in total. The molecule has 33 heavy (non-hydrogen) atoms. The lowest BCUT2D eigenvalue weighted by Crippen LogP contribution is -2.46. The Balaban J connectivity index is 2.00. The normalized spacial score (nSPS) is 13.3. The Kier molecular flexibility index (Phi) is 7.55. The summed E-state index contributed by atoms with van der Waals surface area (Å²) < 4.78 is 29.4. The maximum absolute atomic E-state index is 14.3. The van der Waals surface area contributed by atoms with Gasteiger partial charge in [-0.1, -0.05) is 27.2 Å². The van der Waals surface area contributed by atoms with Gasteiger partial charge in [-0.15, -0.1) is 0 Å². The Labute approximate surface area is 191 Å². The minimum absolute atomic E-state index is 0.0713. The molecule has 0 saturated heterocycles. The molecule has 0 fully saturated rings. The van der Waals surface area contributed by atoms with Crippen molar-refractivity contribution < 1.29 is 13.6 Å². The third kappa shape index (κ3) is 5.26. The number of aromatic nitrogens is 2. The van der Waals surface area contributed by atoms with Gasteiger partial charge in [-0.2, -0.15) is 0 Å². The van der Waals surface area contributed by atoms with Gasteiger partial charge in [-0.25, -0.2) is 13.6 Å². The third-order valence-corrected chi connectivity index (χ3v) is 5.73. The van der Waals surface area contributed by atoms with Crippen molar-refractivity contribution in [1.29, 1.82) is 0 Å². The Morgan fingerprint density at radius 3 is 2.67 bits per heavy atom. The number of carbonyl (C=O) groups excluding carboxylic acids is 1. The molecule has 180 valence electrons. The molecule has 2 heterocycles. The van der Waals surface area contributed by atoms with Crippen LogP contribution in [-0.2, 0) is 17.8 Å². The molecule has 0 spiro atoms. The van der Waals surface area contributed by atoms with Crippen LogP contribution in [0.2, 0.25) is 0 Å². The van der Waals surface area contributed by atoms with Crippen LogP contribution in [0.5, 0.6) is 0 Å². The Bertz CT molecular complexity index is 1140. The fourth-order valence-electron chi connectivity index (χ4n) is 4.16. The van der Waals surface area contributed by atoms with Gasteiger partial charge in [-0.3, -0.25) is 19.1 Å². The highest BCUT2D eigenvalue weighted by molar-refractivity contribution is 5.98. The number of unbranched alkanes of at least 4 members (excludes halogenated alkanes) is 1. The predicted molar refractivity (Wildman–Crippen MR) is 125 cm³/mol. The maximum atomic E-state index is 14.3. The summed E-state index contributed by atoms with van der Waals surface area (Å²) in [5, 5.41) is 0. The first-order valence-electron chi connectivity index (χ1n) is 11.3. The van der Waals surface area contributed by atoms with E-state index in [1.165, 1.54) is 15.5 Å². The molecule has 1 aliphatic rings. The van der Waals surface area contributed by atoms with E-state index in [9.17, 15) is 23.2 Å². The number of fused-ring (bicyclic) bond motifs is 1. The first kappa shape index (κ1) is 24.5. The zero-order valence-corrected chi connectivity index (χ0v) is 19.3. The van der Waals surface area contributed by atoms with Gasteiger partial charge < -0.3 is 15.5 Å². The number of nitrogens with zero attached hydrogens (tertiary/aromatic N) is 3. The van der Waals surface area contributed by atoms with Crippen molar-refractivity contribution in [3.05, 3.63) is 50.2 Å². The number of anilines is 3. The standard InChI is InChI=1S/C23H31F2N5O3/c1-4-5-9-29(20-21(26)30(12-14(2)3)23(33)27-22(20)32)19(31)13-28-8-6-7-16-17(25)10-15(24)11-18(16)28/h10-11,14H,4-9,12-13,26H2,1-3H3,(H,27,32,33). The molecular formula is C23H31F2N5O3. The fraction of sp³-hybridized carbons (Fsp3) is 0.522. The number of halogens is 2. The molecule has 0 aliphatic carbocycles. The number of hydrogen-bond acceptors (Lipinski definition) is 5. The van der Waals surface area contributed by atoms with E-state index in [0.29, 0.717) is 37.1 Å². The number of amides is 1. The average Bonchev–Trinajstić information content (AvgIpc) is 2.73. The number of benzene rings is 1. The summed E-state index contributed by atoms with van der Waals surface area (Å²) in [5.74, 6) is -1.77. The first-order valence-corrected chi connectivity index (χ1v) is 11.3. The second-order valence-corrected chi connectivity index (χ2v) is 8.81. The lowest BCUT2D eigenvalue weighted by molar-refractivity contribution is -0.117. The zero-order valence-electron chi connectivity index (χ0n) is 19.3. The van der Waals surface area contributed by atoms with Gasteiger partial charge in [0.25, 0.3) is 5.56 Å². The van der Waals surface area contributed by atoms with Crippen LogP contribution in [0, 0.1) is 17.6 Å².